The van der Waals surface area contributed by atoms with E-state index in [0.29, 0.717) is 24.0 Å². The third-order valence-electron chi connectivity index (χ3n) is 4.95. The Morgan fingerprint density at radius 3 is 2.59 bits per heavy atom. The van der Waals surface area contributed by atoms with Gasteiger partial charge in [-0.2, -0.15) is 0 Å². The number of aldehydes is 1. The summed E-state index contributed by atoms with van der Waals surface area (Å²) in [6.45, 7) is 7.94. The number of aromatic nitrogens is 3. The van der Waals surface area contributed by atoms with Crippen LogP contribution < -0.4 is 14.5 Å². The number of fused-ring (bicyclic) bond motifs is 1. The van der Waals surface area contributed by atoms with Crippen molar-refractivity contribution in [1.29, 1.82) is 0 Å². The van der Waals surface area contributed by atoms with Crippen LogP contribution in [0.25, 0.3) is 10.9 Å². The van der Waals surface area contributed by atoms with Gasteiger partial charge in [0.2, 0.25) is 5.88 Å². The largest absolute Gasteiger partial charge is 0.477 e. The lowest BCUT2D eigenvalue weighted by Gasteiger charge is -2.36. The van der Waals surface area contributed by atoms with Gasteiger partial charge in [-0.05, 0) is 18.1 Å². The van der Waals surface area contributed by atoms with Gasteiger partial charge >= 0.3 is 0 Å². The molecule has 1 aliphatic heterocycles. The average molecular weight is 391 g/mol. The minimum absolute atomic E-state index is 0.443. The molecule has 0 atom stereocenters. The van der Waals surface area contributed by atoms with Crippen molar-refractivity contribution in [3.8, 4) is 5.88 Å². The number of piperazine rings is 1. The number of nitrogens with zero attached hydrogens (tertiary/aromatic N) is 5. The van der Waals surface area contributed by atoms with Crippen LogP contribution in [0.15, 0.2) is 42.7 Å². The van der Waals surface area contributed by atoms with Crippen LogP contribution in [0.4, 0.5) is 11.6 Å². The van der Waals surface area contributed by atoms with Crippen LogP contribution in [0.1, 0.15) is 24.2 Å². The van der Waals surface area contributed by atoms with E-state index < -0.39 is 0 Å². The van der Waals surface area contributed by atoms with E-state index in [1.54, 1.807) is 6.33 Å². The van der Waals surface area contributed by atoms with Crippen molar-refractivity contribution in [1.82, 2.24) is 15.0 Å². The molecule has 0 spiro atoms. The van der Waals surface area contributed by atoms with Crippen LogP contribution in [-0.4, -0.2) is 54.0 Å². The summed E-state index contributed by atoms with van der Waals surface area (Å²) >= 11 is 0. The van der Waals surface area contributed by atoms with E-state index in [0.717, 1.165) is 55.0 Å². The Morgan fingerprint density at radius 1 is 1.07 bits per heavy atom. The van der Waals surface area contributed by atoms with Gasteiger partial charge < -0.3 is 14.5 Å². The number of anilines is 2. The molecule has 1 aliphatic rings. The van der Waals surface area contributed by atoms with Gasteiger partial charge in [0.25, 0.3) is 0 Å². The summed E-state index contributed by atoms with van der Waals surface area (Å²) in [5.41, 5.74) is 1.53. The first-order chi connectivity index (χ1) is 14.1. The highest BCUT2D eigenvalue weighted by molar-refractivity contribution is 5.91. The van der Waals surface area contributed by atoms with Crippen molar-refractivity contribution in [3.63, 3.8) is 0 Å². The molecule has 7 nitrogen and oxygen atoms in total. The highest BCUT2D eigenvalue weighted by Gasteiger charge is 2.22. The smallest absolute Gasteiger partial charge is 0.218 e. The molecule has 150 valence electrons. The number of pyridine rings is 1. The molecule has 1 saturated heterocycles. The molecule has 0 saturated carbocycles. The van der Waals surface area contributed by atoms with Crippen molar-refractivity contribution in [2.45, 2.75) is 13.8 Å². The SMILES string of the molecule is CC(C)COc1cc(N2CCN(c3nc4ccccc4cc3C=O)CC2)ncn1. The maximum Gasteiger partial charge on any atom is 0.218 e. The molecule has 1 aromatic carbocycles. The highest BCUT2D eigenvalue weighted by Crippen LogP contribution is 2.25. The first kappa shape index (κ1) is 19.1. The van der Waals surface area contributed by atoms with Gasteiger partial charge in [0.1, 0.15) is 18.0 Å². The number of hydrogen-bond donors (Lipinski definition) is 0. The predicted molar refractivity (Wildman–Crippen MR) is 114 cm³/mol. The summed E-state index contributed by atoms with van der Waals surface area (Å²) < 4.78 is 5.72. The fourth-order valence-electron chi connectivity index (χ4n) is 3.44. The van der Waals surface area contributed by atoms with E-state index in [1.165, 1.54) is 0 Å². The normalized spacial score (nSPS) is 14.4. The zero-order valence-corrected chi connectivity index (χ0v) is 16.8. The van der Waals surface area contributed by atoms with Gasteiger partial charge in [0, 0.05) is 37.6 Å². The molecule has 0 aliphatic carbocycles. The maximum atomic E-state index is 11.6. The van der Waals surface area contributed by atoms with Crippen LogP contribution in [0, 0.1) is 5.92 Å². The number of ether oxygens (including phenoxy) is 1. The fourth-order valence-corrected chi connectivity index (χ4v) is 3.44. The standard InChI is InChI=1S/C22H25N5O2/c1-16(2)14-29-21-12-20(23-15-24-21)26-7-9-27(10-8-26)22-18(13-28)11-17-5-3-4-6-19(17)25-22/h3-6,11-13,15-16H,7-10,14H2,1-2H3. The molecule has 0 bridgehead atoms. The second-order valence-electron chi connectivity index (χ2n) is 7.61. The number of para-hydroxylation sites is 1. The van der Waals surface area contributed by atoms with Gasteiger partial charge in [-0.15, -0.1) is 0 Å². The van der Waals surface area contributed by atoms with Crippen LogP contribution in [-0.2, 0) is 0 Å². The molecule has 4 rings (SSSR count). The Bertz CT molecular complexity index is 999. The van der Waals surface area contributed by atoms with Gasteiger partial charge in [-0.25, -0.2) is 15.0 Å². The van der Waals surface area contributed by atoms with E-state index in [9.17, 15) is 4.79 Å². The summed E-state index contributed by atoms with van der Waals surface area (Å²) in [7, 11) is 0. The van der Waals surface area contributed by atoms with E-state index in [2.05, 4.69) is 33.6 Å². The van der Waals surface area contributed by atoms with Crippen LogP contribution >= 0.6 is 0 Å². The van der Waals surface area contributed by atoms with E-state index >= 15 is 0 Å². The minimum atomic E-state index is 0.443. The second kappa shape index (κ2) is 8.43. The van der Waals surface area contributed by atoms with Gasteiger partial charge in [0.15, 0.2) is 6.29 Å². The molecule has 0 amide bonds. The van der Waals surface area contributed by atoms with Crippen molar-refractivity contribution >= 4 is 28.8 Å². The Labute approximate surface area is 170 Å². The van der Waals surface area contributed by atoms with Crippen LogP contribution in [0.2, 0.25) is 0 Å². The topological polar surface area (TPSA) is 71.5 Å². The van der Waals surface area contributed by atoms with Gasteiger partial charge in [0.05, 0.1) is 17.7 Å². The summed E-state index contributed by atoms with van der Waals surface area (Å²) in [6.07, 6.45) is 2.44. The maximum absolute atomic E-state index is 11.6. The Balaban J connectivity index is 1.48. The molecule has 0 radical (unpaired) electrons. The lowest BCUT2D eigenvalue weighted by atomic mass is 10.1. The molecule has 3 heterocycles. The molecule has 0 unspecified atom stereocenters. The molecule has 3 aromatic rings. The van der Waals surface area contributed by atoms with E-state index in [4.69, 9.17) is 9.72 Å². The number of hydrogen-bond acceptors (Lipinski definition) is 7. The van der Waals surface area contributed by atoms with Crippen LogP contribution in [0.3, 0.4) is 0 Å². The Hall–Kier alpha value is -3.22. The first-order valence-corrected chi connectivity index (χ1v) is 9.94. The number of carbonyl (C=O) groups excluding carboxylic acids is 1. The summed E-state index contributed by atoms with van der Waals surface area (Å²) in [5, 5.41) is 0.979. The third-order valence-corrected chi connectivity index (χ3v) is 4.95. The molecule has 0 N–H and O–H groups in total. The molecule has 1 fully saturated rings. The molecular weight excluding hydrogens is 366 g/mol. The Kier molecular flexibility index (Phi) is 5.55. The predicted octanol–water partition coefficient (Wildman–Crippen LogP) is 3.20. The van der Waals surface area contributed by atoms with Crippen molar-refractivity contribution < 1.29 is 9.53 Å². The van der Waals surface area contributed by atoms with Crippen molar-refractivity contribution in [2.75, 3.05) is 42.6 Å². The molecule has 7 heteroatoms. The number of benzene rings is 1. The number of rotatable bonds is 6. The Morgan fingerprint density at radius 2 is 1.83 bits per heavy atom. The minimum Gasteiger partial charge on any atom is -0.477 e. The second-order valence-corrected chi connectivity index (χ2v) is 7.61. The van der Waals surface area contributed by atoms with Crippen LogP contribution in [0.5, 0.6) is 5.88 Å². The summed E-state index contributed by atoms with van der Waals surface area (Å²) in [4.78, 5) is 29.4. The first-order valence-electron chi connectivity index (χ1n) is 9.94. The highest BCUT2D eigenvalue weighted by atomic mass is 16.5. The third kappa shape index (κ3) is 4.29. The molecule has 2 aromatic heterocycles. The quantitative estimate of drug-likeness (QED) is 0.598. The van der Waals surface area contributed by atoms with E-state index in [1.807, 2.05) is 36.4 Å². The van der Waals surface area contributed by atoms with Gasteiger partial charge in [-0.3, -0.25) is 4.79 Å². The summed E-state index contributed by atoms with van der Waals surface area (Å²) in [6, 6.07) is 11.7. The molecule has 29 heavy (non-hydrogen) atoms. The zero-order chi connectivity index (χ0) is 20.2. The van der Waals surface area contributed by atoms with Crippen molar-refractivity contribution in [3.05, 3.63) is 48.3 Å². The lowest BCUT2D eigenvalue weighted by molar-refractivity contribution is 0.112. The fraction of sp³-hybridized carbons (Fsp3) is 0.364. The van der Waals surface area contributed by atoms with Gasteiger partial charge in [-0.1, -0.05) is 32.0 Å². The zero-order valence-electron chi connectivity index (χ0n) is 16.8. The van der Waals surface area contributed by atoms with E-state index in [-0.39, 0.29) is 0 Å². The number of carbonyl (C=O) groups is 1. The summed E-state index contributed by atoms with van der Waals surface area (Å²) in [5.74, 6) is 2.66. The average Bonchev–Trinajstić information content (AvgIpc) is 2.77. The molecular formula is C22H25N5O2. The monoisotopic (exact) mass is 391 g/mol. The lowest BCUT2D eigenvalue weighted by Crippen LogP contribution is -2.47. The van der Waals surface area contributed by atoms with Crippen molar-refractivity contribution in [2.24, 2.45) is 5.92 Å².